The second kappa shape index (κ2) is 5.45. The average Bonchev–Trinajstić information content (AvgIpc) is 2.90. The minimum atomic E-state index is -0.432. The largest absolute Gasteiger partial charge is 0.453 e. The predicted octanol–water partition coefficient (Wildman–Crippen LogP) is 2.67. The molecule has 0 spiro atoms. The van der Waals surface area contributed by atoms with Gasteiger partial charge in [-0.15, -0.1) is 11.3 Å². The highest BCUT2D eigenvalue weighted by Gasteiger charge is 2.07. The molecule has 1 aromatic carbocycles. The van der Waals surface area contributed by atoms with Crippen molar-refractivity contribution in [3.05, 3.63) is 41.4 Å². The molecule has 0 fully saturated rings. The van der Waals surface area contributed by atoms with Gasteiger partial charge >= 0.3 is 6.09 Å². The van der Waals surface area contributed by atoms with Gasteiger partial charge in [0.2, 0.25) is 0 Å². The van der Waals surface area contributed by atoms with E-state index in [-0.39, 0.29) is 0 Å². The summed E-state index contributed by atoms with van der Waals surface area (Å²) in [5.41, 5.74) is 2.06. The first-order chi connectivity index (χ1) is 8.31. The Hall–Kier alpha value is -1.88. The van der Waals surface area contributed by atoms with Crippen LogP contribution in [0.3, 0.4) is 0 Å². The molecule has 1 N–H and O–H groups in total. The quantitative estimate of drug-likeness (QED) is 0.908. The van der Waals surface area contributed by atoms with E-state index >= 15 is 0 Å². The average molecular weight is 248 g/mol. The van der Waals surface area contributed by atoms with Crippen LogP contribution in [0.15, 0.2) is 35.8 Å². The van der Waals surface area contributed by atoms with Crippen molar-refractivity contribution in [2.45, 2.75) is 6.54 Å². The summed E-state index contributed by atoms with van der Waals surface area (Å²) in [5, 5.41) is 5.55. The molecule has 17 heavy (non-hydrogen) atoms. The molecule has 0 saturated carbocycles. The number of benzene rings is 1. The number of hydrogen-bond acceptors (Lipinski definition) is 4. The third-order valence-electron chi connectivity index (χ3n) is 2.29. The SMILES string of the molecule is COC(=O)NCc1ccccc1-c1nccs1. The minimum Gasteiger partial charge on any atom is -0.453 e. The standard InChI is InChI=1S/C12H12N2O2S/c1-16-12(15)14-8-9-4-2-3-5-10(9)11-13-6-7-17-11/h2-7H,8H2,1H3,(H,14,15). The fourth-order valence-electron chi connectivity index (χ4n) is 1.48. The molecule has 0 aliphatic carbocycles. The highest BCUT2D eigenvalue weighted by atomic mass is 32.1. The summed E-state index contributed by atoms with van der Waals surface area (Å²) in [4.78, 5) is 15.3. The lowest BCUT2D eigenvalue weighted by molar-refractivity contribution is 0.170. The van der Waals surface area contributed by atoms with Gasteiger partial charge in [0, 0.05) is 23.7 Å². The molecule has 0 aliphatic rings. The number of hydrogen-bond donors (Lipinski definition) is 1. The molecule has 2 rings (SSSR count). The number of rotatable bonds is 3. The monoisotopic (exact) mass is 248 g/mol. The number of nitrogens with zero attached hydrogens (tertiary/aromatic N) is 1. The first-order valence-corrected chi connectivity index (χ1v) is 5.99. The molecule has 0 bridgehead atoms. The van der Waals surface area contributed by atoms with Crippen molar-refractivity contribution in [2.75, 3.05) is 7.11 Å². The molecule has 0 saturated heterocycles. The maximum atomic E-state index is 11.0. The van der Waals surface area contributed by atoms with Gasteiger partial charge < -0.3 is 10.1 Å². The van der Waals surface area contributed by atoms with Crippen LogP contribution in [-0.2, 0) is 11.3 Å². The molecule has 0 aliphatic heterocycles. The molecule has 5 heteroatoms. The van der Waals surface area contributed by atoms with E-state index in [9.17, 15) is 4.79 Å². The van der Waals surface area contributed by atoms with Crippen LogP contribution in [0.5, 0.6) is 0 Å². The number of carbonyl (C=O) groups excluding carboxylic acids is 1. The van der Waals surface area contributed by atoms with Gasteiger partial charge in [-0.1, -0.05) is 24.3 Å². The number of alkyl carbamates (subject to hydrolysis) is 1. The summed E-state index contributed by atoms with van der Waals surface area (Å²) in [6, 6.07) is 7.85. The van der Waals surface area contributed by atoms with E-state index in [1.54, 1.807) is 17.5 Å². The van der Waals surface area contributed by atoms with Crippen molar-refractivity contribution in [1.29, 1.82) is 0 Å². The summed E-state index contributed by atoms with van der Waals surface area (Å²) < 4.78 is 4.54. The zero-order chi connectivity index (χ0) is 12.1. The van der Waals surface area contributed by atoms with Crippen LogP contribution in [0.1, 0.15) is 5.56 Å². The number of ether oxygens (including phenoxy) is 1. The molecule has 4 nitrogen and oxygen atoms in total. The second-order valence-corrected chi connectivity index (χ2v) is 4.23. The summed E-state index contributed by atoms with van der Waals surface area (Å²) in [6.07, 6.45) is 1.34. The van der Waals surface area contributed by atoms with Gasteiger partial charge in [-0.3, -0.25) is 0 Å². The van der Waals surface area contributed by atoms with Crippen LogP contribution in [0.25, 0.3) is 10.6 Å². The maximum Gasteiger partial charge on any atom is 0.407 e. The molecular weight excluding hydrogens is 236 g/mol. The van der Waals surface area contributed by atoms with E-state index in [1.807, 2.05) is 29.6 Å². The Morgan fingerprint density at radius 1 is 1.47 bits per heavy atom. The van der Waals surface area contributed by atoms with Crippen LogP contribution in [-0.4, -0.2) is 18.2 Å². The lowest BCUT2D eigenvalue weighted by Gasteiger charge is -2.07. The van der Waals surface area contributed by atoms with Gasteiger partial charge in [0.15, 0.2) is 0 Å². The summed E-state index contributed by atoms with van der Waals surface area (Å²) in [7, 11) is 1.35. The lowest BCUT2D eigenvalue weighted by atomic mass is 10.1. The fourth-order valence-corrected chi connectivity index (χ4v) is 2.18. The molecule has 0 atom stereocenters. The van der Waals surface area contributed by atoms with Gasteiger partial charge in [-0.2, -0.15) is 0 Å². The van der Waals surface area contributed by atoms with E-state index in [0.717, 1.165) is 16.1 Å². The van der Waals surface area contributed by atoms with Crippen LogP contribution < -0.4 is 5.32 Å². The Bertz CT molecular complexity index is 497. The lowest BCUT2D eigenvalue weighted by Crippen LogP contribution is -2.22. The molecule has 2 aromatic rings. The number of nitrogens with one attached hydrogen (secondary N) is 1. The first kappa shape index (κ1) is 11.6. The molecular formula is C12H12N2O2S. The summed E-state index contributed by atoms with van der Waals surface area (Å²) in [5.74, 6) is 0. The minimum absolute atomic E-state index is 0.432. The highest BCUT2D eigenvalue weighted by molar-refractivity contribution is 7.13. The molecule has 1 heterocycles. The van der Waals surface area contributed by atoms with E-state index in [2.05, 4.69) is 15.0 Å². The van der Waals surface area contributed by atoms with Crippen molar-refractivity contribution in [3.63, 3.8) is 0 Å². The van der Waals surface area contributed by atoms with Crippen LogP contribution in [0.2, 0.25) is 0 Å². The van der Waals surface area contributed by atoms with E-state index < -0.39 is 6.09 Å². The van der Waals surface area contributed by atoms with E-state index in [0.29, 0.717) is 6.54 Å². The topological polar surface area (TPSA) is 51.2 Å². The van der Waals surface area contributed by atoms with Gasteiger partial charge in [-0.25, -0.2) is 9.78 Å². The first-order valence-electron chi connectivity index (χ1n) is 5.11. The second-order valence-electron chi connectivity index (χ2n) is 3.34. The molecule has 88 valence electrons. The molecule has 1 amide bonds. The molecule has 0 unspecified atom stereocenters. The Morgan fingerprint density at radius 3 is 3.00 bits per heavy atom. The predicted molar refractivity (Wildman–Crippen MR) is 66.8 cm³/mol. The summed E-state index contributed by atoms with van der Waals surface area (Å²) >= 11 is 1.58. The number of amides is 1. The Balaban J connectivity index is 2.20. The third-order valence-corrected chi connectivity index (χ3v) is 3.10. The van der Waals surface area contributed by atoms with Crippen LogP contribution in [0.4, 0.5) is 4.79 Å². The van der Waals surface area contributed by atoms with Gasteiger partial charge in [0.25, 0.3) is 0 Å². The zero-order valence-corrected chi connectivity index (χ0v) is 10.2. The zero-order valence-electron chi connectivity index (χ0n) is 9.34. The van der Waals surface area contributed by atoms with Crippen molar-refractivity contribution >= 4 is 17.4 Å². The Labute approximate surface area is 103 Å². The van der Waals surface area contributed by atoms with Crippen molar-refractivity contribution in [1.82, 2.24) is 10.3 Å². The number of carbonyl (C=O) groups is 1. The fraction of sp³-hybridized carbons (Fsp3) is 0.167. The third kappa shape index (κ3) is 2.82. The van der Waals surface area contributed by atoms with Crippen LogP contribution in [0, 0.1) is 0 Å². The van der Waals surface area contributed by atoms with Gasteiger partial charge in [0.05, 0.1) is 7.11 Å². The summed E-state index contributed by atoms with van der Waals surface area (Å²) in [6.45, 7) is 0.433. The normalized spacial score (nSPS) is 9.94. The van der Waals surface area contributed by atoms with E-state index in [4.69, 9.17) is 0 Å². The number of aromatic nitrogens is 1. The molecule has 1 aromatic heterocycles. The number of thiazole rings is 1. The highest BCUT2D eigenvalue weighted by Crippen LogP contribution is 2.25. The van der Waals surface area contributed by atoms with Crippen molar-refractivity contribution in [3.8, 4) is 10.6 Å². The van der Waals surface area contributed by atoms with Crippen molar-refractivity contribution in [2.24, 2.45) is 0 Å². The molecule has 0 radical (unpaired) electrons. The van der Waals surface area contributed by atoms with Crippen molar-refractivity contribution < 1.29 is 9.53 Å². The van der Waals surface area contributed by atoms with Crippen LogP contribution >= 0.6 is 11.3 Å². The maximum absolute atomic E-state index is 11.0. The van der Waals surface area contributed by atoms with E-state index in [1.165, 1.54) is 7.11 Å². The van der Waals surface area contributed by atoms with Gasteiger partial charge in [-0.05, 0) is 5.56 Å². The Morgan fingerprint density at radius 2 is 2.29 bits per heavy atom. The van der Waals surface area contributed by atoms with Gasteiger partial charge in [0.1, 0.15) is 5.01 Å². The Kier molecular flexibility index (Phi) is 3.72. The smallest absolute Gasteiger partial charge is 0.407 e. The number of methoxy groups -OCH3 is 1.